The van der Waals surface area contributed by atoms with E-state index in [-0.39, 0.29) is 29.4 Å². The second-order valence-corrected chi connectivity index (χ2v) is 13.0. The summed E-state index contributed by atoms with van der Waals surface area (Å²) in [7, 11) is -3.99. The fraction of sp³-hybridized carbons (Fsp3) is 0.0938. The number of halogens is 2. The van der Waals surface area contributed by atoms with E-state index in [0.717, 1.165) is 29.6 Å². The lowest BCUT2D eigenvalue weighted by Crippen LogP contribution is -2.18. The molecule has 9 heteroatoms. The first kappa shape index (κ1) is 28.9. The third-order valence-electron chi connectivity index (χ3n) is 6.30. The summed E-state index contributed by atoms with van der Waals surface area (Å²) in [5.74, 6) is 0.362. The van der Waals surface area contributed by atoms with Crippen molar-refractivity contribution in [2.24, 2.45) is 0 Å². The molecule has 0 atom stereocenters. The van der Waals surface area contributed by atoms with Gasteiger partial charge < -0.3 is 9.47 Å². The molecule has 0 aliphatic carbocycles. The molecule has 0 amide bonds. The summed E-state index contributed by atoms with van der Waals surface area (Å²) in [6.45, 7) is 2.42. The van der Waals surface area contributed by atoms with Gasteiger partial charge in [0.05, 0.1) is 4.90 Å². The second kappa shape index (κ2) is 12.5. The Morgan fingerprint density at radius 3 is 1.76 bits per heavy atom. The summed E-state index contributed by atoms with van der Waals surface area (Å²) in [4.78, 5) is 13.9. The molecule has 0 saturated carbocycles. The molecule has 0 N–H and O–H groups in total. The van der Waals surface area contributed by atoms with Crippen molar-refractivity contribution < 1.29 is 22.7 Å². The van der Waals surface area contributed by atoms with Crippen molar-refractivity contribution in [3.8, 4) is 11.5 Å². The van der Waals surface area contributed by atoms with Gasteiger partial charge in [-0.05, 0) is 78.7 Å². The summed E-state index contributed by atoms with van der Waals surface area (Å²) >= 11 is 6.86. The number of rotatable bonds is 10. The van der Waals surface area contributed by atoms with Crippen molar-refractivity contribution in [1.82, 2.24) is 3.97 Å². The van der Waals surface area contributed by atoms with Crippen LogP contribution in [-0.4, -0.2) is 18.2 Å². The van der Waals surface area contributed by atoms with Crippen LogP contribution in [0, 0.1) is 6.92 Å². The van der Waals surface area contributed by atoms with E-state index in [1.165, 1.54) is 30.5 Å². The standard InChI is InChI=1S/C32H25Br2NO5S/c1-22-4-14-30(15-5-22)41(37,38)35-16-2-3-31(35)32(36)25-17-28(39-20-23-6-10-26(33)11-7-23)19-29(18-25)40-21-24-8-12-27(34)13-9-24/h2-19H,20-21H2,1H3. The Morgan fingerprint density at radius 2 is 1.24 bits per heavy atom. The normalized spacial score (nSPS) is 11.3. The molecule has 5 aromatic rings. The van der Waals surface area contributed by atoms with Gasteiger partial charge in [0, 0.05) is 26.8 Å². The monoisotopic (exact) mass is 693 g/mol. The van der Waals surface area contributed by atoms with Crippen molar-refractivity contribution in [3.63, 3.8) is 0 Å². The number of carbonyl (C=O) groups excluding carboxylic acids is 1. The predicted molar refractivity (Wildman–Crippen MR) is 165 cm³/mol. The SMILES string of the molecule is Cc1ccc(S(=O)(=O)n2cccc2C(=O)c2cc(OCc3ccc(Br)cc3)cc(OCc3ccc(Br)cc3)c2)cc1. The molecular weight excluding hydrogens is 670 g/mol. The molecule has 0 aliphatic heterocycles. The van der Waals surface area contributed by atoms with E-state index >= 15 is 0 Å². The first-order chi connectivity index (χ1) is 19.7. The maximum Gasteiger partial charge on any atom is 0.268 e. The molecule has 0 saturated heterocycles. The molecule has 1 heterocycles. The molecule has 0 bridgehead atoms. The van der Waals surface area contributed by atoms with Crippen molar-refractivity contribution in [3.05, 3.63) is 146 Å². The molecule has 0 fully saturated rings. The summed E-state index contributed by atoms with van der Waals surface area (Å²) in [5.41, 5.74) is 3.07. The van der Waals surface area contributed by atoms with Gasteiger partial charge in [0.25, 0.3) is 10.0 Å². The van der Waals surface area contributed by atoms with Crippen molar-refractivity contribution in [1.29, 1.82) is 0 Å². The maximum absolute atomic E-state index is 13.8. The van der Waals surface area contributed by atoms with Gasteiger partial charge in [0.1, 0.15) is 30.4 Å². The minimum Gasteiger partial charge on any atom is -0.489 e. The van der Waals surface area contributed by atoms with Crippen LogP contribution in [0.2, 0.25) is 0 Å². The van der Waals surface area contributed by atoms with Crippen molar-refractivity contribution in [2.45, 2.75) is 25.0 Å². The largest absolute Gasteiger partial charge is 0.489 e. The summed E-state index contributed by atoms with van der Waals surface area (Å²) in [6, 6.07) is 29.9. The van der Waals surface area contributed by atoms with Crippen LogP contribution in [0.5, 0.6) is 11.5 Å². The molecule has 41 heavy (non-hydrogen) atoms. The van der Waals surface area contributed by atoms with Crippen LogP contribution in [-0.2, 0) is 23.2 Å². The maximum atomic E-state index is 13.8. The number of aryl methyl sites for hydroxylation is 1. The number of hydrogen-bond acceptors (Lipinski definition) is 5. The third-order valence-corrected chi connectivity index (χ3v) is 9.06. The lowest BCUT2D eigenvalue weighted by molar-refractivity contribution is 0.103. The van der Waals surface area contributed by atoms with Crippen molar-refractivity contribution in [2.75, 3.05) is 0 Å². The molecule has 5 rings (SSSR count). The Labute approximate surface area is 255 Å². The van der Waals surface area contributed by atoms with Crippen LogP contribution < -0.4 is 9.47 Å². The Morgan fingerprint density at radius 1 is 0.732 bits per heavy atom. The minimum absolute atomic E-state index is 0.00879. The van der Waals surface area contributed by atoms with E-state index in [4.69, 9.17) is 9.47 Å². The smallest absolute Gasteiger partial charge is 0.268 e. The van der Waals surface area contributed by atoms with E-state index in [1.54, 1.807) is 30.3 Å². The van der Waals surface area contributed by atoms with Gasteiger partial charge in [-0.25, -0.2) is 12.4 Å². The zero-order chi connectivity index (χ0) is 29.0. The van der Waals surface area contributed by atoms with Gasteiger partial charge in [0.15, 0.2) is 0 Å². The number of carbonyl (C=O) groups is 1. The highest BCUT2D eigenvalue weighted by Gasteiger charge is 2.24. The molecular formula is C32H25Br2NO5S. The van der Waals surface area contributed by atoms with Gasteiger partial charge in [-0.2, -0.15) is 0 Å². The predicted octanol–water partition coefficient (Wildman–Crippen LogP) is 7.95. The third kappa shape index (κ3) is 6.98. The fourth-order valence-corrected chi connectivity index (χ4v) is 5.96. The summed E-state index contributed by atoms with van der Waals surface area (Å²) in [5, 5.41) is 0. The number of ketones is 1. The Balaban J connectivity index is 1.46. The Kier molecular flexibility index (Phi) is 8.77. The highest BCUT2D eigenvalue weighted by Crippen LogP contribution is 2.28. The molecule has 0 aliphatic rings. The summed E-state index contributed by atoms with van der Waals surface area (Å²) < 4.78 is 41.9. The van der Waals surface area contributed by atoms with Crippen LogP contribution in [0.25, 0.3) is 0 Å². The average molecular weight is 695 g/mol. The Hall–Kier alpha value is -3.66. The van der Waals surface area contributed by atoms with E-state index in [0.29, 0.717) is 11.5 Å². The molecule has 0 radical (unpaired) electrons. The topological polar surface area (TPSA) is 74.6 Å². The minimum atomic E-state index is -3.99. The van der Waals surface area contributed by atoms with Crippen LogP contribution in [0.4, 0.5) is 0 Å². The molecule has 0 spiro atoms. The number of hydrogen-bond donors (Lipinski definition) is 0. The van der Waals surface area contributed by atoms with Crippen molar-refractivity contribution >= 4 is 47.7 Å². The van der Waals surface area contributed by atoms with Crippen LogP contribution >= 0.6 is 31.9 Å². The molecule has 6 nitrogen and oxygen atoms in total. The molecule has 0 unspecified atom stereocenters. The van der Waals surface area contributed by atoms with Crippen LogP contribution in [0.1, 0.15) is 32.7 Å². The van der Waals surface area contributed by atoms with Gasteiger partial charge in [-0.1, -0.05) is 73.8 Å². The van der Waals surface area contributed by atoms with E-state index in [1.807, 2.05) is 55.5 Å². The first-order valence-electron chi connectivity index (χ1n) is 12.6. The first-order valence-corrected chi connectivity index (χ1v) is 15.7. The van der Waals surface area contributed by atoms with Crippen LogP contribution in [0.15, 0.2) is 123 Å². The Bertz CT molecular complexity index is 1710. The zero-order valence-corrected chi connectivity index (χ0v) is 25.9. The number of aromatic nitrogens is 1. The van der Waals surface area contributed by atoms with Crippen LogP contribution in [0.3, 0.4) is 0 Å². The number of ether oxygens (including phenoxy) is 2. The quantitative estimate of drug-likeness (QED) is 0.139. The van der Waals surface area contributed by atoms with E-state index < -0.39 is 15.8 Å². The molecule has 1 aromatic heterocycles. The van der Waals surface area contributed by atoms with E-state index in [9.17, 15) is 13.2 Å². The van der Waals surface area contributed by atoms with Gasteiger partial charge in [0.2, 0.25) is 5.78 Å². The lowest BCUT2D eigenvalue weighted by Gasteiger charge is -2.14. The fourth-order valence-electron chi connectivity index (χ4n) is 4.09. The molecule has 208 valence electrons. The highest BCUT2D eigenvalue weighted by atomic mass is 79.9. The average Bonchev–Trinajstić information content (AvgIpc) is 3.48. The van der Waals surface area contributed by atoms with Gasteiger partial charge in [-0.15, -0.1) is 0 Å². The summed E-state index contributed by atoms with van der Waals surface area (Å²) in [6.07, 6.45) is 1.38. The van der Waals surface area contributed by atoms with Gasteiger partial charge in [-0.3, -0.25) is 4.79 Å². The number of benzene rings is 4. The lowest BCUT2D eigenvalue weighted by atomic mass is 10.1. The number of nitrogens with zero attached hydrogens (tertiary/aromatic N) is 1. The molecule has 4 aromatic carbocycles. The van der Waals surface area contributed by atoms with E-state index in [2.05, 4.69) is 31.9 Å². The highest BCUT2D eigenvalue weighted by molar-refractivity contribution is 9.10. The van der Waals surface area contributed by atoms with Gasteiger partial charge >= 0.3 is 0 Å². The second-order valence-electron chi connectivity index (χ2n) is 9.36. The zero-order valence-electron chi connectivity index (χ0n) is 22.0.